The van der Waals surface area contributed by atoms with Crippen LogP contribution in [-0.2, 0) is 10.0 Å². The maximum absolute atomic E-state index is 12.8. The van der Waals surface area contributed by atoms with E-state index in [-0.39, 0.29) is 34.6 Å². The van der Waals surface area contributed by atoms with E-state index in [4.69, 9.17) is 23.2 Å². The predicted molar refractivity (Wildman–Crippen MR) is 153 cm³/mol. The highest BCUT2D eigenvalue weighted by Gasteiger charge is 2.22. The zero-order valence-electron chi connectivity index (χ0n) is 22.0. The number of amides is 4. The maximum atomic E-state index is 12.8. The molecule has 2 rings (SSSR count). The van der Waals surface area contributed by atoms with Crippen LogP contribution in [0.1, 0.15) is 40.0 Å². The summed E-state index contributed by atoms with van der Waals surface area (Å²) in [5.74, 6) is 0.294. The van der Waals surface area contributed by atoms with Gasteiger partial charge in [0.15, 0.2) is 0 Å². The number of nitrogens with zero attached hydrogens (tertiary/aromatic N) is 1. The van der Waals surface area contributed by atoms with E-state index in [0.717, 1.165) is 0 Å². The minimum Gasteiger partial charge on any atom is -0.338 e. The molecule has 0 spiro atoms. The van der Waals surface area contributed by atoms with E-state index >= 15 is 0 Å². The van der Waals surface area contributed by atoms with Crippen LogP contribution in [0.25, 0.3) is 0 Å². The van der Waals surface area contributed by atoms with Crippen molar-refractivity contribution < 1.29 is 18.0 Å². The first-order valence-corrected chi connectivity index (χ1v) is 14.9. The van der Waals surface area contributed by atoms with Crippen LogP contribution in [0.2, 0.25) is 10.0 Å². The van der Waals surface area contributed by atoms with Gasteiger partial charge in [-0.25, -0.2) is 22.7 Å². The fourth-order valence-corrected chi connectivity index (χ4v) is 5.68. The fraction of sp³-hybridized carbons (Fsp3) is 0.462. The Morgan fingerprint density at radius 2 is 1.74 bits per heavy atom. The van der Waals surface area contributed by atoms with Crippen molar-refractivity contribution >= 4 is 51.0 Å². The molecule has 0 aromatic heterocycles. The Kier molecular flexibility index (Phi) is 13.2. The van der Waals surface area contributed by atoms with Crippen LogP contribution in [0.15, 0.2) is 53.4 Å². The average molecular weight is 587 g/mol. The lowest BCUT2D eigenvalue weighted by atomic mass is 10.0. The first kappa shape index (κ1) is 31.7. The summed E-state index contributed by atoms with van der Waals surface area (Å²) in [6.45, 7) is 7.30. The molecule has 1 atom stereocenters. The molecule has 38 heavy (non-hydrogen) atoms. The molecular weight excluding hydrogens is 549 g/mol. The number of rotatable bonds is 14. The topological polar surface area (TPSA) is 120 Å². The van der Waals surface area contributed by atoms with E-state index in [1.165, 1.54) is 18.2 Å². The summed E-state index contributed by atoms with van der Waals surface area (Å²) in [4.78, 5) is 27.0. The van der Waals surface area contributed by atoms with Crippen LogP contribution in [0.5, 0.6) is 0 Å². The molecule has 0 aliphatic carbocycles. The number of anilines is 1. The van der Waals surface area contributed by atoms with Crippen LogP contribution in [0.4, 0.5) is 15.3 Å². The molecule has 9 nitrogen and oxygen atoms in total. The Morgan fingerprint density at radius 1 is 1.03 bits per heavy atom. The smallest absolute Gasteiger partial charge is 0.319 e. The van der Waals surface area contributed by atoms with Gasteiger partial charge in [0.1, 0.15) is 4.90 Å². The third-order valence-corrected chi connectivity index (χ3v) is 7.69. The zero-order chi connectivity index (χ0) is 28.1. The molecule has 0 saturated heterocycles. The van der Waals surface area contributed by atoms with Crippen molar-refractivity contribution in [3.63, 3.8) is 0 Å². The predicted octanol–water partition coefficient (Wildman–Crippen LogP) is 5.32. The number of hydrogen-bond donors (Lipinski definition) is 4. The number of unbranched alkanes of at least 4 members (excludes halogenated alkanes) is 1. The highest BCUT2D eigenvalue weighted by atomic mass is 35.5. The van der Waals surface area contributed by atoms with Gasteiger partial charge in [-0.1, -0.05) is 55.2 Å². The molecule has 2 aromatic rings. The van der Waals surface area contributed by atoms with Crippen LogP contribution < -0.4 is 20.7 Å². The second kappa shape index (κ2) is 15.8. The van der Waals surface area contributed by atoms with Crippen LogP contribution in [0.3, 0.4) is 0 Å². The second-order valence-corrected chi connectivity index (χ2v) is 11.8. The van der Waals surface area contributed by atoms with Crippen LogP contribution in [-0.4, -0.2) is 57.6 Å². The quantitative estimate of drug-likeness (QED) is 0.224. The zero-order valence-corrected chi connectivity index (χ0v) is 24.3. The van der Waals surface area contributed by atoms with Crippen molar-refractivity contribution in [3.05, 3.63) is 58.6 Å². The minimum absolute atomic E-state index is 0.0381. The third-order valence-electron chi connectivity index (χ3n) is 5.51. The van der Waals surface area contributed by atoms with Crippen molar-refractivity contribution in [2.45, 2.75) is 51.0 Å². The van der Waals surface area contributed by atoms with Gasteiger partial charge < -0.3 is 20.9 Å². The van der Waals surface area contributed by atoms with Gasteiger partial charge in [0.25, 0.3) is 0 Å². The van der Waals surface area contributed by atoms with Gasteiger partial charge in [-0.05, 0) is 62.4 Å². The Hall–Kier alpha value is -2.53. The first-order chi connectivity index (χ1) is 18.0. The lowest BCUT2D eigenvalue weighted by Gasteiger charge is -2.29. The number of hydrogen-bond acceptors (Lipinski definition) is 4. The number of halogens is 2. The Bertz CT molecular complexity index is 1150. The number of benzene rings is 2. The summed E-state index contributed by atoms with van der Waals surface area (Å²) in [6, 6.07) is 12.5. The fourth-order valence-electron chi connectivity index (χ4n) is 3.83. The molecule has 0 bridgehead atoms. The monoisotopic (exact) mass is 585 g/mol. The minimum atomic E-state index is -3.79. The van der Waals surface area contributed by atoms with Gasteiger partial charge in [-0.2, -0.15) is 0 Å². The van der Waals surface area contributed by atoms with Gasteiger partial charge in [-0.3, -0.25) is 0 Å². The van der Waals surface area contributed by atoms with E-state index < -0.39 is 10.0 Å². The van der Waals surface area contributed by atoms with E-state index in [1.807, 2.05) is 25.1 Å². The Morgan fingerprint density at radius 3 is 2.37 bits per heavy atom. The van der Waals surface area contributed by atoms with Crippen molar-refractivity contribution in [2.24, 2.45) is 5.92 Å². The normalized spacial score (nSPS) is 12.2. The SMILES string of the molecule is CCNC(=O)N(CCCCNS(=O)(=O)c1ccc(Cl)cc1Cl)C[C@H](CC(C)C)NC(=O)Nc1ccccc1. The lowest BCUT2D eigenvalue weighted by molar-refractivity contribution is 0.186. The molecule has 0 fully saturated rings. The Balaban J connectivity index is 1.95. The molecule has 2 aromatic carbocycles. The summed E-state index contributed by atoms with van der Waals surface area (Å²) in [5, 5.41) is 9.02. The average Bonchev–Trinajstić information content (AvgIpc) is 2.83. The van der Waals surface area contributed by atoms with Crippen LogP contribution in [0, 0.1) is 5.92 Å². The number of para-hydroxylation sites is 1. The number of carbonyl (C=O) groups excluding carboxylic acids is 2. The standard InChI is InChI=1S/C26H37Cl2N5O4S/c1-4-29-26(35)33(15-9-8-14-30-38(36,37)24-13-12-20(27)17-23(24)28)18-22(16-19(2)3)32-25(34)31-21-10-6-5-7-11-21/h5-7,10-13,17,19,22,30H,4,8-9,14-16,18H2,1-3H3,(H,29,35)(H2,31,32,34)/t22-/m0/s1. The van der Waals surface area contributed by atoms with Crippen molar-refractivity contribution in [1.29, 1.82) is 0 Å². The summed E-state index contributed by atoms with van der Waals surface area (Å²) in [7, 11) is -3.79. The number of nitrogens with one attached hydrogen (secondary N) is 4. The molecule has 210 valence electrons. The molecule has 0 radical (unpaired) electrons. The van der Waals surface area contributed by atoms with Gasteiger partial charge in [0.2, 0.25) is 10.0 Å². The summed E-state index contributed by atoms with van der Waals surface area (Å²) in [6.07, 6.45) is 1.73. The highest BCUT2D eigenvalue weighted by molar-refractivity contribution is 7.89. The van der Waals surface area contributed by atoms with Gasteiger partial charge in [0, 0.05) is 42.9 Å². The summed E-state index contributed by atoms with van der Waals surface area (Å²) in [5.41, 5.74) is 0.677. The lowest BCUT2D eigenvalue weighted by Crippen LogP contribution is -2.50. The molecule has 4 N–H and O–H groups in total. The van der Waals surface area contributed by atoms with Crippen molar-refractivity contribution in [3.8, 4) is 0 Å². The molecule has 4 amide bonds. The molecule has 0 saturated carbocycles. The number of carbonyl (C=O) groups is 2. The van der Waals surface area contributed by atoms with E-state index in [9.17, 15) is 18.0 Å². The molecule has 0 aliphatic rings. The van der Waals surface area contributed by atoms with Gasteiger partial charge >= 0.3 is 12.1 Å². The molecule has 0 aliphatic heterocycles. The van der Waals surface area contributed by atoms with E-state index in [0.29, 0.717) is 55.5 Å². The first-order valence-electron chi connectivity index (χ1n) is 12.6. The largest absolute Gasteiger partial charge is 0.338 e. The van der Waals surface area contributed by atoms with Crippen molar-refractivity contribution in [1.82, 2.24) is 20.3 Å². The van der Waals surface area contributed by atoms with Crippen LogP contribution >= 0.6 is 23.2 Å². The van der Waals surface area contributed by atoms with E-state index in [1.54, 1.807) is 17.0 Å². The Labute approximate surface area is 235 Å². The third kappa shape index (κ3) is 11.1. The maximum Gasteiger partial charge on any atom is 0.319 e. The number of urea groups is 2. The van der Waals surface area contributed by atoms with Gasteiger partial charge in [0.05, 0.1) is 5.02 Å². The highest BCUT2D eigenvalue weighted by Crippen LogP contribution is 2.24. The number of sulfonamides is 1. The second-order valence-electron chi connectivity index (χ2n) is 9.25. The molecule has 0 unspecified atom stereocenters. The summed E-state index contributed by atoms with van der Waals surface area (Å²) >= 11 is 11.9. The van der Waals surface area contributed by atoms with Gasteiger partial charge in [-0.15, -0.1) is 0 Å². The molecule has 12 heteroatoms. The van der Waals surface area contributed by atoms with Crippen molar-refractivity contribution in [2.75, 3.05) is 31.5 Å². The molecular formula is C26H37Cl2N5O4S. The summed E-state index contributed by atoms with van der Waals surface area (Å²) < 4.78 is 27.7. The van der Waals surface area contributed by atoms with E-state index in [2.05, 4.69) is 34.5 Å². The molecule has 0 heterocycles.